The van der Waals surface area contributed by atoms with Crippen LogP contribution in [0.15, 0.2) is 54.1 Å². The number of rotatable bonds is 3. The molecule has 1 aliphatic heterocycles. The van der Waals surface area contributed by atoms with E-state index in [1.54, 1.807) is 6.08 Å². The van der Waals surface area contributed by atoms with Crippen molar-refractivity contribution < 1.29 is 9.59 Å². The molecular weight excluding hydrogens is 418 g/mol. The Morgan fingerprint density at radius 1 is 0.906 bits per heavy atom. The van der Waals surface area contributed by atoms with Crippen molar-refractivity contribution in [2.45, 2.75) is 34.6 Å². The molecule has 5 nitrogen and oxygen atoms in total. The van der Waals surface area contributed by atoms with Crippen LogP contribution >= 0.6 is 12.2 Å². The molecule has 0 bridgehead atoms. The number of nitrogens with zero attached hydrogens (tertiary/aromatic N) is 2. The summed E-state index contributed by atoms with van der Waals surface area (Å²) in [5.41, 5.74) is 7.82. The number of carbonyl (C=O) groups is 2. The maximum absolute atomic E-state index is 13.4. The van der Waals surface area contributed by atoms with Gasteiger partial charge in [0.15, 0.2) is 5.11 Å². The monoisotopic (exact) mass is 443 g/mol. The number of carbonyl (C=O) groups excluding carboxylic acids is 2. The molecule has 2 heterocycles. The quantitative estimate of drug-likeness (QED) is 0.358. The number of para-hydroxylation sites is 1. The highest BCUT2D eigenvalue weighted by Crippen LogP contribution is 2.28. The highest BCUT2D eigenvalue weighted by atomic mass is 32.1. The summed E-state index contributed by atoms with van der Waals surface area (Å²) in [6.07, 6.45) is 1.66. The fourth-order valence-corrected chi connectivity index (χ4v) is 4.53. The third kappa shape index (κ3) is 3.78. The third-order valence-corrected chi connectivity index (χ3v) is 5.98. The van der Waals surface area contributed by atoms with Gasteiger partial charge in [-0.2, -0.15) is 0 Å². The Hall–Kier alpha value is -3.51. The minimum Gasteiger partial charge on any atom is -0.318 e. The average molecular weight is 444 g/mol. The Bertz CT molecular complexity index is 1300. The van der Waals surface area contributed by atoms with E-state index in [-0.39, 0.29) is 10.7 Å². The van der Waals surface area contributed by atoms with Gasteiger partial charge in [0.25, 0.3) is 11.8 Å². The van der Waals surface area contributed by atoms with Gasteiger partial charge < -0.3 is 4.57 Å². The van der Waals surface area contributed by atoms with E-state index >= 15 is 0 Å². The van der Waals surface area contributed by atoms with E-state index < -0.39 is 11.8 Å². The zero-order valence-corrected chi connectivity index (χ0v) is 19.6. The Balaban J connectivity index is 1.79. The lowest BCUT2D eigenvalue weighted by molar-refractivity contribution is -0.122. The van der Waals surface area contributed by atoms with E-state index in [1.165, 1.54) is 16.0 Å². The second-order valence-electron chi connectivity index (χ2n) is 8.25. The van der Waals surface area contributed by atoms with E-state index in [1.807, 2.05) is 51.1 Å². The lowest BCUT2D eigenvalue weighted by Crippen LogP contribution is -2.54. The molecule has 6 heteroatoms. The zero-order chi connectivity index (χ0) is 23.2. The number of hydrogen-bond donors (Lipinski definition) is 1. The van der Waals surface area contributed by atoms with Crippen LogP contribution in [0.25, 0.3) is 11.8 Å². The van der Waals surface area contributed by atoms with Crippen LogP contribution in [-0.2, 0) is 9.59 Å². The maximum atomic E-state index is 13.4. The fraction of sp³-hybridized carbons (Fsp3) is 0.192. The molecule has 1 aromatic heterocycles. The molecule has 0 saturated carbocycles. The number of nitrogens with one attached hydrogen (secondary N) is 1. The van der Waals surface area contributed by atoms with Gasteiger partial charge in [0.05, 0.1) is 5.69 Å². The predicted molar refractivity (Wildman–Crippen MR) is 132 cm³/mol. The molecule has 0 spiro atoms. The predicted octanol–water partition coefficient (Wildman–Crippen LogP) is 4.85. The van der Waals surface area contributed by atoms with Gasteiger partial charge in [0.1, 0.15) is 5.57 Å². The maximum Gasteiger partial charge on any atom is 0.270 e. The molecule has 0 radical (unpaired) electrons. The topological polar surface area (TPSA) is 54.3 Å². The zero-order valence-electron chi connectivity index (χ0n) is 18.8. The lowest BCUT2D eigenvalue weighted by atomic mass is 10.1. The van der Waals surface area contributed by atoms with Crippen molar-refractivity contribution in [2.75, 3.05) is 4.90 Å². The van der Waals surface area contributed by atoms with Gasteiger partial charge in [-0.25, -0.2) is 0 Å². The van der Waals surface area contributed by atoms with Gasteiger partial charge in [0, 0.05) is 17.1 Å². The molecule has 1 fully saturated rings. The lowest BCUT2D eigenvalue weighted by Gasteiger charge is -2.30. The van der Waals surface area contributed by atoms with Crippen molar-refractivity contribution in [3.05, 3.63) is 87.7 Å². The van der Waals surface area contributed by atoms with Crippen molar-refractivity contribution in [1.82, 2.24) is 9.88 Å². The number of thiocarbonyl (C=S) groups is 1. The summed E-state index contributed by atoms with van der Waals surface area (Å²) >= 11 is 5.32. The molecule has 1 saturated heterocycles. The summed E-state index contributed by atoms with van der Waals surface area (Å²) in [7, 11) is 0. The smallest absolute Gasteiger partial charge is 0.270 e. The number of aryl methyl sites for hydroxylation is 4. The molecular formula is C26H25N3O2S. The highest BCUT2D eigenvalue weighted by molar-refractivity contribution is 7.80. The molecule has 3 aromatic rings. The molecule has 1 aliphatic rings. The van der Waals surface area contributed by atoms with Crippen molar-refractivity contribution in [3.8, 4) is 5.69 Å². The Kier molecular flexibility index (Phi) is 5.57. The Morgan fingerprint density at radius 2 is 1.56 bits per heavy atom. The van der Waals surface area contributed by atoms with Crippen LogP contribution in [-0.4, -0.2) is 21.5 Å². The number of aromatic nitrogens is 1. The first-order valence-electron chi connectivity index (χ1n) is 10.4. The highest BCUT2D eigenvalue weighted by Gasteiger charge is 2.35. The van der Waals surface area contributed by atoms with Crippen LogP contribution in [0.4, 0.5) is 5.69 Å². The Morgan fingerprint density at radius 3 is 2.22 bits per heavy atom. The molecule has 0 aliphatic carbocycles. The Labute approximate surface area is 193 Å². The standard InChI is InChI=1S/C26H25N3O2S/c1-15-10-16(2)12-21(11-15)28-18(4)13-20(19(28)5)14-22-24(30)27-26(32)29(25(22)31)23-9-7-6-8-17(23)3/h6-14H,1-5H3,(H,27,30,32)/b22-14+. The molecule has 32 heavy (non-hydrogen) atoms. The van der Waals surface area contributed by atoms with Gasteiger partial charge in [0.2, 0.25) is 0 Å². The largest absolute Gasteiger partial charge is 0.318 e. The van der Waals surface area contributed by atoms with Gasteiger partial charge in [-0.05, 0) is 99.4 Å². The second-order valence-corrected chi connectivity index (χ2v) is 8.64. The van der Waals surface area contributed by atoms with E-state index in [9.17, 15) is 9.59 Å². The van der Waals surface area contributed by atoms with E-state index in [0.29, 0.717) is 5.69 Å². The van der Waals surface area contributed by atoms with Crippen LogP contribution in [0.3, 0.4) is 0 Å². The fourth-order valence-electron chi connectivity index (χ4n) is 4.26. The summed E-state index contributed by atoms with van der Waals surface area (Å²) in [4.78, 5) is 27.5. The summed E-state index contributed by atoms with van der Waals surface area (Å²) < 4.78 is 2.14. The van der Waals surface area contributed by atoms with Crippen LogP contribution in [0, 0.1) is 34.6 Å². The summed E-state index contributed by atoms with van der Waals surface area (Å²) in [5, 5.41) is 2.76. The van der Waals surface area contributed by atoms with Crippen LogP contribution in [0.2, 0.25) is 0 Å². The van der Waals surface area contributed by atoms with Crippen LogP contribution in [0.1, 0.15) is 33.6 Å². The molecule has 4 rings (SSSR count). The molecule has 0 unspecified atom stereocenters. The molecule has 1 N–H and O–H groups in total. The van der Waals surface area contributed by atoms with Crippen molar-refractivity contribution >= 4 is 40.9 Å². The van der Waals surface area contributed by atoms with Crippen LogP contribution < -0.4 is 10.2 Å². The van der Waals surface area contributed by atoms with Gasteiger partial charge in [-0.1, -0.05) is 24.3 Å². The second kappa shape index (κ2) is 8.20. The molecule has 2 aromatic carbocycles. The summed E-state index contributed by atoms with van der Waals surface area (Å²) in [6, 6.07) is 15.8. The minimum atomic E-state index is -0.485. The number of amides is 2. The third-order valence-electron chi connectivity index (χ3n) is 5.69. The first-order chi connectivity index (χ1) is 15.2. The SMILES string of the molecule is Cc1cc(C)cc(-n2c(C)cc(/C=C3\C(=O)NC(=S)N(c4ccccc4C)C3=O)c2C)c1. The van der Waals surface area contributed by atoms with Gasteiger partial charge in [-0.3, -0.25) is 19.8 Å². The van der Waals surface area contributed by atoms with Crippen molar-refractivity contribution in [2.24, 2.45) is 0 Å². The van der Waals surface area contributed by atoms with E-state index in [0.717, 1.165) is 28.2 Å². The van der Waals surface area contributed by atoms with Gasteiger partial charge >= 0.3 is 0 Å². The minimum absolute atomic E-state index is 0.0579. The van der Waals surface area contributed by atoms with Gasteiger partial charge in [-0.15, -0.1) is 0 Å². The van der Waals surface area contributed by atoms with Crippen molar-refractivity contribution in [3.63, 3.8) is 0 Å². The van der Waals surface area contributed by atoms with Crippen LogP contribution in [0.5, 0.6) is 0 Å². The summed E-state index contributed by atoms with van der Waals surface area (Å²) in [6.45, 7) is 10.1. The normalized spacial score (nSPS) is 15.5. The van der Waals surface area contributed by atoms with E-state index in [4.69, 9.17) is 12.2 Å². The van der Waals surface area contributed by atoms with E-state index in [2.05, 4.69) is 41.9 Å². The number of benzene rings is 2. The number of anilines is 1. The average Bonchev–Trinajstić information content (AvgIpc) is 2.98. The summed E-state index contributed by atoms with van der Waals surface area (Å²) in [5.74, 6) is -0.912. The first kappa shape index (κ1) is 21.7. The molecule has 2 amide bonds. The molecule has 0 atom stereocenters. The molecule has 162 valence electrons. The van der Waals surface area contributed by atoms with Crippen molar-refractivity contribution in [1.29, 1.82) is 0 Å². The first-order valence-corrected chi connectivity index (χ1v) is 10.8. The number of hydrogen-bond acceptors (Lipinski definition) is 3.